The maximum absolute atomic E-state index is 12.8. The van der Waals surface area contributed by atoms with E-state index in [0.717, 1.165) is 17.5 Å². The number of hydrogen-bond acceptors (Lipinski definition) is 8. The Morgan fingerprint density at radius 3 is 2.28 bits per heavy atom. The Morgan fingerprint density at radius 2 is 1.66 bits per heavy atom. The van der Waals surface area contributed by atoms with Crippen LogP contribution in [0.1, 0.15) is 53.5 Å². The minimum atomic E-state index is -1.43. The molecule has 0 atom stereocenters. The first-order valence-electron chi connectivity index (χ1n) is 9.36. The van der Waals surface area contributed by atoms with Crippen LogP contribution in [0.25, 0.3) is 0 Å². The average Bonchev–Trinajstić information content (AvgIpc) is 3.10. The van der Waals surface area contributed by atoms with Crippen LogP contribution in [0.5, 0.6) is 0 Å². The lowest BCUT2D eigenvalue weighted by atomic mass is 10.1. The summed E-state index contributed by atoms with van der Waals surface area (Å²) in [5.41, 5.74) is -0.104. The molecular weight excluding hydrogens is 436 g/mol. The first-order valence-corrected chi connectivity index (χ1v) is 10.2. The van der Waals surface area contributed by atoms with E-state index in [9.17, 15) is 24.3 Å². The molecule has 3 aromatic rings. The second-order valence-electron chi connectivity index (χ2n) is 6.31. The highest BCUT2D eigenvalue weighted by molar-refractivity contribution is 7.19. The van der Waals surface area contributed by atoms with Gasteiger partial charge in [0.2, 0.25) is 0 Å². The summed E-state index contributed by atoms with van der Waals surface area (Å²) in [5.74, 6) is -3.53. The van der Waals surface area contributed by atoms with Gasteiger partial charge in [-0.1, -0.05) is 18.2 Å². The van der Waals surface area contributed by atoms with Crippen molar-refractivity contribution in [2.75, 3.05) is 17.2 Å². The Bertz CT molecular complexity index is 1190. The van der Waals surface area contributed by atoms with Crippen molar-refractivity contribution in [3.8, 4) is 0 Å². The third kappa shape index (κ3) is 4.78. The van der Waals surface area contributed by atoms with E-state index in [0.29, 0.717) is 11.3 Å². The molecule has 0 unspecified atom stereocenters. The van der Waals surface area contributed by atoms with Crippen molar-refractivity contribution in [2.24, 2.45) is 0 Å². The van der Waals surface area contributed by atoms with Crippen molar-refractivity contribution < 1.29 is 29.0 Å². The third-order valence-electron chi connectivity index (χ3n) is 4.21. The summed E-state index contributed by atoms with van der Waals surface area (Å²) in [5, 5.41) is 14.5. The SMILES string of the molecule is CCOC(=O)c1c(NC(=O)c2nccnc2C(=O)O)sc(C(=O)Nc2ccccc2)c1C. The van der Waals surface area contributed by atoms with Gasteiger partial charge in [0.25, 0.3) is 11.8 Å². The summed E-state index contributed by atoms with van der Waals surface area (Å²) < 4.78 is 5.07. The molecule has 0 fully saturated rings. The maximum atomic E-state index is 12.8. The number of rotatable bonds is 7. The van der Waals surface area contributed by atoms with Crippen LogP contribution in [0, 0.1) is 6.92 Å². The standard InChI is InChI=1S/C21H18N4O6S/c1-3-31-21(30)13-11(2)16(18(27)24-12-7-5-4-6-8-12)32-19(13)25-17(26)14-15(20(28)29)23-10-9-22-14/h4-10H,3H2,1-2H3,(H,24,27)(H,25,26)(H,28,29). The van der Waals surface area contributed by atoms with Crippen molar-refractivity contribution in [2.45, 2.75) is 13.8 Å². The molecule has 0 radical (unpaired) electrons. The third-order valence-corrected chi connectivity index (χ3v) is 5.41. The number of carboxylic acid groups (broad SMARTS) is 1. The largest absolute Gasteiger partial charge is 0.476 e. The van der Waals surface area contributed by atoms with Gasteiger partial charge in [-0.15, -0.1) is 11.3 Å². The van der Waals surface area contributed by atoms with Crippen molar-refractivity contribution >= 4 is 45.8 Å². The molecule has 0 saturated heterocycles. The van der Waals surface area contributed by atoms with Gasteiger partial charge in [-0.25, -0.2) is 19.6 Å². The maximum Gasteiger partial charge on any atom is 0.356 e. The lowest BCUT2D eigenvalue weighted by Crippen LogP contribution is -2.20. The smallest absolute Gasteiger partial charge is 0.356 e. The first kappa shape index (κ1) is 22.6. The number of carbonyl (C=O) groups is 4. The molecule has 0 saturated carbocycles. The van der Waals surface area contributed by atoms with Crippen LogP contribution in [0.4, 0.5) is 10.7 Å². The minimum Gasteiger partial charge on any atom is -0.476 e. The van der Waals surface area contributed by atoms with Crippen molar-refractivity contribution in [3.05, 3.63) is 70.1 Å². The Balaban J connectivity index is 1.98. The zero-order valence-electron chi connectivity index (χ0n) is 17.0. The van der Waals surface area contributed by atoms with Crippen LogP contribution in [0.3, 0.4) is 0 Å². The van der Waals surface area contributed by atoms with E-state index in [1.54, 1.807) is 44.2 Å². The normalized spacial score (nSPS) is 10.3. The molecule has 0 aliphatic rings. The van der Waals surface area contributed by atoms with Gasteiger partial charge < -0.3 is 20.5 Å². The summed E-state index contributed by atoms with van der Waals surface area (Å²) in [6.45, 7) is 3.27. The summed E-state index contributed by atoms with van der Waals surface area (Å²) in [4.78, 5) is 57.1. The van der Waals surface area contributed by atoms with Crippen molar-refractivity contribution in [3.63, 3.8) is 0 Å². The molecule has 10 nitrogen and oxygen atoms in total. The Labute approximate surface area is 186 Å². The van der Waals surface area contributed by atoms with Gasteiger partial charge in [0, 0.05) is 18.1 Å². The van der Waals surface area contributed by atoms with Gasteiger partial charge in [-0.2, -0.15) is 0 Å². The van der Waals surface area contributed by atoms with Crippen LogP contribution < -0.4 is 10.6 Å². The number of carbonyl (C=O) groups excluding carboxylic acids is 3. The number of nitrogens with one attached hydrogen (secondary N) is 2. The van der Waals surface area contributed by atoms with Crippen molar-refractivity contribution in [1.29, 1.82) is 0 Å². The number of amides is 2. The zero-order chi connectivity index (χ0) is 23.3. The van der Waals surface area contributed by atoms with Crippen LogP contribution in [-0.2, 0) is 4.74 Å². The summed E-state index contributed by atoms with van der Waals surface area (Å²) >= 11 is 0.864. The number of para-hydroxylation sites is 1. The average molecular weight is 454 g/mol. The molecule has 0 aliphatic heterocycles. The number of anilines is 2. The second kappa shape index (κ2) is 9.79. The highest BCUT2D eigenvalue weighted by atomic mass is 32.1. The lowest BCUT2D eigenvalue weighted by molar-refractivity contribution is 0.0526. The number of nitrogens with zero attached hydrogens (tertiary/aromatic N) is 2. The van der Waals surface area contributed by atoms with Gasteiger partial charge in [0.15, 0.2) is 11.4 Å². The molecule has 2 amide bonds. The van der Waals surface area contributed by atoms with Gasteiger partial charge >= 0.3 is 11.9 Å². The fraction of sp³-hybridized carbons (Fsp3) is 0.143. The molecule has 0 aliphatic carbocycles. The van der Waals surface area contributed by atoms with Crippen molar-refractivity contribution in [1.82, 2.24) is 9.97 Å². The summed E-state index contributed by atoms with van der Waals surface area (Å²) in [6.07, 6.45) is 2.32. The monoisotopic (exact) mass is 454 g/mol. The van der Waals surface area contributed by atoms with E-state index in [1.165, 1.54) is 6.20 Å². The molecule has 3 rings (SSSR count). The topological polar surface area (TPSA) is 148 Å². The van der Waals surface area contributed by atoms with E-state index in [4.69, 9.17) is 4.74 Å². The summed E-state index contributed by atoms with van der Waals surface area (Å²) in [6, 6.07) is 8.73. The van der Waals surface area contributed by atoms with Gasteiger partial charge in [0.1, 0.15) is 5.00 Å². The molecule has 3 N–H and O–H groups in total. The predicted molar refractivity (Wildman–Crippen MR) is 116 cm³/mol. The minimum absolute atomic E-state index is 0.00387. The van der Waals surface area contributed by atoms with Gasteiger partial charge in [0.05, 0.1) is 17.0 Å². The first-order chi connectivity index (χ1) is 15.3. The molecule has 2 heterocycles. The number of aromatic nitrogens is 2. The number of esters is 1. The lowest BCUT2D eigenvalue weighted by Gasteiger charge is -2.07. The van der Waals surface area contributed by atoms with Crippen LogP contribution in [0.15, 0.2) is 42.7 Å². The molecule has 32 heavy (non-hydrogen) atoms. The quantitative estimate of drug-likeness (QED) is 0.461. The van der Waals surface area contributed by atoms with Gasteiger partial charge in [-0.05, 0) is 31.5 Å². The molecule has 0 spiro atoms. The molecule has 11 heteroatoms. The van der Waals surface area contributed by atoms with E-state index < -0.39 is 35.1 Å². The highest BCUT2D eigenvalue weighted by Crippen LogP contribution is 2.34. The Morgan fingerprint density at radius 1 is 1.00 bits per heavy atom. The molecule has 2 aromatic heterocycles. The number of carboxylic acids is 1. The molecular formula is C21H18N4O6S. The number of hydrogen-bond donors (Lipinski definition) is 3. The predicted octanol–water partition coefficient (Wildman–Crippen LogP) is 3.23. The Hall–Kier alpha value is -4.12. The fourth-order valence-electron chi connectivity index (χ4n) is 2.80. The van der Waals surface area contributed by atoms with E-state index in [1.807, 2.05) is 0 Å². The van der Waals surface area contributed by atoms with Crippen LogP contribution in [-0.4, -0.2) is 45.4 Å². The number of benzene rings is 1. The summed E-state index contributed by atoms with van der Waals surface area (Å²) in [7, 11) is 0. The molecule has 1 aromatic carbocycles. The van der Waals surface area contributed by atoms with E-state index in [-0.39, 0.29) is 22.0 Å². The van der Waals surface area contributed by atoms with Crippen LogP contribution in [0.2, 0.25) is 0 Å². The van der Waals surface area contributed by atoms with E-state index >= 15 is 0 Å². The number of thiophene rings is 1. The molecule has 164 valence electrons. The van der Waals surface area contributed by atoms with Gasteiger partial charge in [-0.3, -0.25) is 9.59 Å². The number of ether oxygens (including phenoxy) is 1. The Kier molecular flexibility index (Phi) is 6.90. The highest BCUT2D eigenvalue weighted by Gasteiger charge is 2.28. The molecule has 0 bridgehead atoms. The van der Waals surface area contributed by atoms with E-state index in [2.05, 4.69) is 20.6 Å². The zero-order valence-corrected chi connectivity index (χ0v) is 17.9. The number of aromatic carboxylic acids is 1. The second-order valence-corrected chi connectivity index (χ2v) is 7.33. The van der Waals surface area contributed by atoms with Crippen LogP contribution >= 0.6 is 11.3 Å². The fourth-order valence-corrected chi connectivity index (χ4v) is 3.88.